The molecule has 0 aliphatic rings. The first-order valence-corrected chi connectivity index (χ1v) is 7.88. The average molecular weight is 264 g/mol. The molecule has 0 saturated carbocycles. The minimum atomic E-state index is -3.39. The Kier molecular flexibility index (Phi) is 7.38. The van der Waals surface area contributed by atoms with Crippen molar-refractivity contribution in [3.8, 4) is 0 Å². The van der Waals surface area contributed by atoms with Crippen molar-refractivity contribution in [3.63, 3.8) is 0 Å². The monoisotopic (exact) mass is 264 g/mol. The Morgan fingerprint density at radius 2 is 1.94 bits per heavy atom. The summed E-state index contributed by atoms with van der Waals surface area (Å²) in [7, 11) is -3.39. The van der Waals surface area contributed by atoms with Crippen molar-refractivity contribution in [2.24, 2.45) is 5.73 Å². The molecule has 2 unspecified atom stereocenters. The van der Waals surface area contributed by atoms with E-state index in [0.29, 0.717) is 6.42 Å². The smallest absolute Gasteiger partial charge is 0.235 e. The van der Waals surface area contributed by atoms with Crippen molar-refractivity contribution in [2.45, 2.75) is 52.1 Å². The van der Waals surface area contributed by atoms with Crippen LogP contribution in [0, 0.1) is 0 Å². The zero-order valence-electron chi connectivity index (χ0n) is 10.9. The maximum atomic E-state index is 11.6. The zero-order valence-corrected chi connectivity index (χ0v) is 11.7. The van der Waals surface area contributed by atoms with Crippen LogP contribution in [0.3, 0.4) is 0 Å². The van der Waals surface area contributed by atoms with Crippen LogP contribution in [-0.4, -0.2) is 37.9 Å². The number of nitrogens with one attached hydrogen (secondary N) is 1. The van der Waals surface area contributed by atoms with Gasteiger partial charge in [0.2, 0.25) is 5.91 Å². The summed E-state index contributed by atoms with van der Waals surface area (Å²) >= 11 is 0. The third kappa shape index (κ3) is 8.15. The number of hydrogen-bond acceptors (Lipinski definition) is 4. The Labute approximate surface area is 104 Å². The fraction of sp³-hybridized carbons (Fsp3) is 0.909. The summed E-state index contributed by atoms with van der Waals surface area (Å²) in [6.45, 7) is 5.70. The molecule has 0 aromatic carbocycles. The molecule has 0 aromatic heterocycles. The van der Waals surface area contributed by atoms with Gasteiger partial charge in [-0.15, -0.1) is 0 Å². The molecule has 102 valence electrons. The van der Waals surface area contributed by atoms with Crippen LogP contribution >= 0.6 is 0 Å². The van der Waals surface area contributed by atoms with E-state index in [1.807, 2.05) is 20.8 Å². The molecule has 0 aliphatic heterocycles. The van der Waals surface area contributed by atoms with Gasteiger partial charge in [-0.1, -0.05) is 20.3 Å². The Morgan fingerprint density at radius 1 is 1.35 bits per heavy atom. The molecular formula is C11H24N2O3S. The van der Waals surface area contributed by atoms with Gasteiger partial charge in [-0.05, 0) is 19.8 Å². The van der Waals surface area contributed by atoms with Gasteiger partial charge in [-0.25, -0.2) is 8.42 Å². The minimum absolute atomic E-state index is 0.0162. The van der Waals surface area contributed by atoms with Gasteiger partial charge < -0.3 is 11.1 Å². The van der Waals surface area contributed by atoms with Crippen LogP contribution < -0.4 is 11.1 Å². The minimum Gasteiger partial charge on any atom is -0.353 e. The van der Waals surface area contributed by atoms with Gasteiger partial charge in [0.05, 0.1) is 5.75 Å². The maximum Gasteiger partial charge on any atom is 0.235 e. The largest absolute Gasteiger partial charge is 0.353 e. The predicted octanol–water partition coefficient (Wildman–Crippen LogP) is 0.443. The number of amides is 1. The van der Waals surface area contributed by atoms with Crippen molar-refractivity contribution in [3.05, 3.63) is 0 Å². The van der Waals surface area contributed by atoms with E-state index in [0.717, 1.165) is 12.8 Å². The second-order valence-electron chi connectivity index (χ2n) is 4.48. The molecule has 5 nitrogen and oxygen atoms in total. The van der Waals surface area contributed by atoms with Crippen molar-refractivity contribution in [2.75, 3.05) is 11.5 Å². The van der Waals surface area contributed by atoms with E-state index in [1.165, 1.54) is 0 Å². The van der Waals surface area contributed by atoms with Crippen LogP contribution in [-0.2, 0) is 14.6 Å². The highest BCUT2D eigenvalue weighted by molar-refractivity contribution is 7.92. The van der Waals surface area contributed by atoms with Crippen LogP contribution in [0.15, 0.2) is 0 Å². The molecule has 6 heteroatoms. The summed E-state index contributed by atoms with van der Waals surface area (Å²) in [5.41, 5.74) is 5.57. The summed E-state index contributed by atoms with van der Waals surface area (Å²) in [5.74, 6) is -1.03. The van der Waals surface area contributed by atoms with Crippen LogP contribution in [0.25, 0.3) is 0 Å². The van der Waals surface area contributed by atoms with E-state index < -0.39 is 21.5 Å². The quantitative estimate of drug-likeness (QED) is 0.666. The predicted molar refractivity (Wildman–Crippen MR) is 69.4 cm³/mol. The molecule has 2 atom stereocenters. The topological polar surface area (TPSA) is 89.3 Å². The first-order chi connectivity index (χ1) is 7.80. The second kappa shape index (κ2) is 7.66. The third-order valence-electron chi connectivity index (χ3n) is 2.47. The number of nitrogens with two attached hydrogens (primary N) is 1. The highest BCUT2D eigenvalue weighted by Gasteiger charge is 2.20. The lowest BCUT2D eigenvalue weighted by Crippen LogP contribution is -2.39. The first-order valence-electron chi connectivity index (χ1n) is 6.06. The molecule has 0 radical (unpaired) electrons. The number of rotatable bonds is 8. The maximum absolute atomic E-state index is 11.6. The Morgan fingerprint density at radius 3 is 2.41 bits per heavy atom. The number of sulfone groups is 1. The molecule has 17 heavy (non-hydrogen) atoms. The number of hydrogen-bond donors (Lipinski definition) is 2. The van der Waals surface area contributed by atoms with Gasteiger partial charge in [0, 0.05) is 12.1 Å². The molecule has 0 spiro atoms. The van der Waals surface area contributed by atoms with Crippen molar-refractivity contribution in [1.29, 1.82) is 0 Å². The number of carbonyl (C=O) groups is 1. The molecule has 0 aliphatic carbocycles. The fourth-order valence-electron chi connectivity index (χ4n) is 1.52. The Balaban J connectivity index is 4.19. The fourth-order valence-corrected chi connectivity index (χ4v) is 3.01. The van der Waals surface area contributed by atoms with Crippen LogP contribution in [0.4, 0.5) is 0 Å². The van der Waals surface area contributed by atoms with E-state index in [1.54, 1.807) is 0 Å². The Hall–Kier alpha value is -0.620. The van der Waals surface area contributed by atoms with E-state index >= 15 is 0 Å². The summed E-state index contributed by atoms with van der Waals surface area (Å²) in [6.07, 6.45) is 2.39. The lowest BCUT2D eigenvalue weighted by molar-refractivity contribution is -0.119. The van der Waals surface area contributed by atoms with E-state index in [9.17, 15) is 13.2 Å². The highest BCUT2D eigenvalue weighted by Crippen LogP contribution is 1.99. The van der Waals surface area contributed by atoms with Crippen LogP contribution in [0.5, 0.6) is 0 Å². The second-order valence-corrected chi connectivity index (χ2v) is 6.59. The number of carbonyl (C=O) groups excluding carboxylic acids is 1. The van der Waals surface area contributed by atoms with Crippen molar-refractivity contribution in [1.82, 2.24) is 5.32 Å². The van der Waals surface area contributed by atoms with E-state index in [2.05, 4.69) is 5.32 Å². The summed E-state index contributed by atoms with van der Waals surface area (Å²) < 4.78 is 23.2. The van der Waals surface area contributed by atoms with Gasteiger partial charge in [-0.3, -0.25) is 4.79 Å². The van der Waals surface area contributed by atoms with E-state index in [-0.39, 0.29) is 17.8 Å². The van der Waals surface area contributed by atoms with Crippen molar-refractivity contribution < 1.29 is 13.2 Å². The first kappa shape index (κ1) is 16.4. The van der Waals surface area contributed by atoms with Gasteiger partial charge >= 0.3 is 0 Å². The molecule has 1 amide bonds. The lowest BCUT2D eigenvalue weighted by Gasteiger charge is -2.14. The van der Waals surface area contributed by atoms with Crippen LogP contribution in [0.2, 0.25) is 0 Å². The molecule has 0 rings (SSSR count). The summed E-state index contributed by atoms with van der Waals surface area (Å²) in [6, 6.07) is -0.372. The van der Waals surface area contributed by atoms with Crippen molar-refractivity contribution >= 4 is 15.7 Å². The molecule has 3 N–H and O–H groups in total. The molecule has 0 aromatic rings. The van der Waals surface area contributed by atoms with E-state index in [4.69, 9.17) is 5.73 Å². The highest BCUT2D eigenvalue weighted by atomic mass is 32.2. The standard InChI is InChI=1S/C11H24N2O3S/c1-4-6-9(3)13-11(14)8-17(15,16)7-10(12)5-2/h9-10H,4-8,12H2,1-3H3,(H,13,14). The average Bonchev–Trinajstić information content (AvgIpc) is 2.15. The van der Waals surface area contributed by atoms with Gasteiger partial charge in [0.25, 0.3) is 0 Å². The lowest BCUT2D eigenvalue weighted by atomic mass is 10.2. The summed E-state index contributed by atoms with van der Waals surface area (Å²) in [4.78, 5) is 11.5. The summed E-state index contributed by atoms with van der Waals surface area (Å²) in [5, 5.41) is 2.67. The normalized spacial score (nSPS) is 15.3. The molecule has 0 saturated heterocycles. The van der Waals surface area contributed by atoms with Gasteiger partial charge in [0.15, 0.2) is 9.84 Å². The van der Waals surface area contributed by atoms with Gasteiger partial charge in [-0.2, -0.15) is 0 Å². The van der Waals surface area contributed by atoms with Gasteiger partial charge in [0.1, 0.15) is 5.75 Å². The Bertz CT molecular complexity index is 328. The zero-order chi connectivity index (χ0) is 13.5. The van der Waals surface area contributed by atoms with Crippen LogP contribution in [0.1, 0.15) is 40.0 Å². The molecule has 0 bridgehead atoms. The third-order valence-corrected chi connectivity index (χ3v) is 4.11. The molecule has 0 fully saturated rings. The molecule has 0 heterocycles. The molecular weight excluding hydrogens is 240 g/mol. The SMILES string of the molecule is CCCC(C)NC(=O)CS(=O)(=O)CC(N)CC.